The van der Waals surface area contributed by atoms with E-state index in [2.05, 4.69) is 10.4 Å². The normalized spacial score (nSPS) is 11.2. The second kappa shape index (κ2) is 8.90. The van der Waals surface area contributed by atoms with Crippen LogP contribution in [-0.4, -0.2) is 21.8 Å². The maximum absolute atomic E-state index is 14.1. The van der Waals surface area contributed by atoms with Gasteiger partial charge in [0.15, 0.2) is 0 Å². The fourth-order valence-corrected chi connectivity index (χ4v) is 3.68. The molecular weight excluding hydrogens is 425 g/mol. The molecule has 2 aromatic carbocycles. The van der Waals surface area contributed by atoms with Gasteiger partial charge in [0.25, 0.3) is 5.91 Å². The van der Waals surface area contributed by atoms with E-state index in [0.717, 1.165) is 6.07 Å². The van der Waals surface area contributed by atoms with Crippen LogP contribution in [0.5, 0.6) is 5.75 Å². The van der Waals surface area contributed by atoms with Gasteiger partial charge < -0.3 is 14.5 Å². The summed E-state index contributed by atoms with van der Waals surface area (Å²) in [6.07, 6.45) is -0.0486. The first-order valence-corrected chi connectivity index (χ1v) is 10.6. The Kier molecular flexibility index (Phi) is 6.00. The van der Waals surface area contributed by atoms with Crippen LogP contribution >= 0.6 is 0 Å². The van der Waals surface area contributed by atoms with E-state index >= 15 is 0 Å². The molecule has 0 aliphatic carbocycles. The number of ether oxygens (including phenoxy) is 1. The second-order valence-corrected chi connectivity index (χ2v) is 8.05. The highest BCUT2D eigenvalue weighted by atomic mass is 19.1. The van der Waals surface area contributed by atoms with Crippen molar-refractivity contribution in [2.45, 2.75) is 40.3 Å². The summed E-state index contributed by atoms with van der Waals surface area (Å²) in [6, 6.07) is 12.6. The van der Waals surface area contributed by atoms with Crippen LogP contribution in [0.3, 0.4) is 0 Å². The molecule has 0 bridgehead atoms. The van der Waals surface area contributed by atoms with Gasteiger partial charge in [-0.15, -0.1) is 0 Å². The zero-order chi connectivity index (χ0) is 23.7. The van der Waals surface area contributed by atoms with Gasteiger partial charge in [-0.2, -0.15) is 5.10 Å². The minimum Gasteiger partial charge on any atom is -0.491 e. The summed E-state index contributed by atoms with van der Waals surface area (Å²) < 4.78 is 26.6. The number of aromatic nitrogens is 2. The summed E-state index contributed by atoms with van der Waals surface area (Å²) in [6.45, 7) is 7.56. The lowest BCUT2D eigenvalue weighted by molar-refractivity contribution is 0.102. The zero-order valence-corrected chi connectivity index (χ0v) is 18.8. The van der Waals surface area contributed by atoms with Crippen LogP contribution in [0, 0.1) is 19.7 Å². The monoisotopic (exact) mass is 449 g/mol. The molecule has 4 rings (SSSR count). The standard InChI is InChI=1S/C25H24FN3O4/c1-14(2)32-18-9-10-19-20(12-23(30)33-22(19)11-18)25(31)27-24-15(3)28-29(16(24)4)13-17-7-5-6-8-21(17)26/h5-12,14H,13H2,1-4H3,(H,27,31). The third-order valence-corrected chi connectivity index (χ3v) is 5.23. The minimum atomic E-state index is -0.641. The fraction of sp³-hybridized carbons (Fsp3) is 0.240. The van der Waals surface area contributed by atoms with Gasteiger partial charge >= 0.3 is 5.63 Å². The van der Waals surface area contributed by atoms with Crippen LogP contribution in [0.2, 0.25) is 0 Å². The van der Waals surface area contributed by atoms with E-state index in [0.29, 0.717) is 33.8 Å². The predicted octanol–water partition coefficient (Wildman–Crippen LogP) is 4.83. The number of benzene rings is 2. The Bertz CT molecular complexity index is 1400. The van der Waals surface area contributed by atoms with Crippen molar-refractivity contribution < 1.29 is 18.3 Å². The Balaban J connectivity index is 1.65. The lowest BCUT2D eigenvalue weighted by Crippen LogP contribution is -2.16. The number of amides is 1. The number of aryl methyl sites for hydroxylation is 1. The lowest BCUT2D eigenvalue weighted by atomic mass is 10.1. The fourth-order valence-electron chi connectivity index (χ4n) is 3.68. The van der Waals surface area contributed by atoms with E-state index in [9.17, 15) is 14.0 Å². The van der Waals surface area contributed by atoms with Crippen LogP contribution in [0.1, 0.15) is 41.2 Å². The molecule has 4 aromatic rings. The van der Waals surface area contributed by atoms with Crippen LogP contribution < -0.4 is 15.7 Å². The third-order valence-electron chi connectivity index (χ3n) is 5.23. The van der Waals surface area contributed by atoms with Crippen molar-refractivity contribution in [3.05, 3.63) is 87.3 Å². The van der Waals surface area contributed by atoms with E-state index in [1.807, 2.05) is 13.8 Å². The second-order valence-electron chi connectivity index (χ2n) is 8.05. The van der Waals surface area contributed by atoms with Crippen LogP contribution in [0.25, 0.3) is 11.0 Å². The highest BCUT2D eigenvalue weighted by molar-refractivity contribution is 6.12. The van der Waals surface area contributed by atoms with E-state index in [1.165, 1.54) is 6.07 Å². The lowest BCUT2D eigenvalue weighted by Gasteiger charge is -2.11. The highest BCUT2D eigenvalue weighted by Crippen LogP contribution is 2.26. The van der Waals surface area contributed by atoms with E-state index in [-0.39, 0.29) is 29.6 Å². The Morgan fingerprint density at radius 3 is 2.67 bits per heavy atom. The molecule has 170 valence electrons. The molecule has 0 atom stereocenters. The highest BCUT2D eigenvalue weighted by Gasteiger charge is 2.19. The molecule has 2 heterocycles. The quantitative estimate of drug-likeness (QED) is 0.426. The van der Waals surface area contributed by atoms with E-state index < -0.39 is 11.5 Å². The number of carbonyl (C=O) groups excluding carboxylic acids is 1. The van der Waals surface area contributed by atoms with Gasteiger partial charge in [-0.3, -0.25) is 9.48 Å². The average molecular weight is 449 g/mol. The van der Waals surface area contributed by atoms with Crippen molar-refractivity contribution in [2.24, 2.45) is 0 Å². The maximum atomic E-state index is 14.1. The average Bonchev–Trinajstić information content (AvgIpc) is 3.01. The molecular formula is C25H24FN3O4. The van der Waals surface area contributed by atoms with Gasteiger partial charge in [-0.05, 0) is 45.9 Å². The van der Waals surface area contributed by atoms with Gasteiger partial charge in [0, 0.05) is 23.1 Å². The number of nitrogens with zero attached hydrogens (tertiary/aromatic N) is 2. The SMILES string of the molecule is Cc1nn(Cc2ccccc2F)c(C)c1NC(=O)c1cc(=O)oc2cc(OC(C)C)ccc12. The number of hydrogen-bond donors (Lipinski definition) is 1. The smallest absolute Gasteiger partial charge is 0.337 e. The summed E-state index contributed by atoms with van der Waals surface area (Å²) in [7, 11) is 0. The molecule has 1 N–H and O–H groups in total. The summed E-state index contributed by atoms with van der Waals surface area (Å²) in [5, 5.41) is 7.79. The van der Waals surface area contributed by atoms with Crippen molar-refractivity contribution in [1.82, 2.24) is 9.78 Å². The Morgan fingerprint density at radius 1 is 1.18 bits per heavy atom. The molecule has 0 unspecified atom stereocenters. The molecule has 0 spiro atoms. The van der Waals surface area contributed by atoms with Crippen molar-refractivity contribution in [3.63, 3.8) is 0 Å². The number of fused-ring (bicyclic) bond motifs is 1. The molecule has 0 fully saturated rings. The third kappa shape index (κ3) is 4.64. The number of rotatable bonds is 6. The maximum Gasteiger partial charge on any atom is 0.337 e. The first kappa shape index (κ1) is 22.3. The van der Waals surface area contributed by atoms with Crippen LogP contribution in [0.4, 0.5) is 10.1 Å². The molecule has 0 aliphatic heterocycles. The Morgan fingerprint density at radius 2 is 1.94 bits per heavy atom. The molecule has 33 heavy (non-hydrogen) atoms. The van der Waals surface area contributed by atoms with Gasteiger partial charge in [0.05, 0.1) is 35.3 Å². The number of carbonyl (C=O) groups is 1. The molecule has 8 heteroatoms. The van der Waals surface area contributed by atoms with Crippen molar-refractivity contribution >= 4 is 22.6 Å². The van der Waals surface area contributed by atoms with Crippen molar-refractivity contribution in [2.75, 3.05) is 5.32 Å². The van der Waals surface area contributed by atoms with Crippen molar-refractivity contribution in [1.29, 1.82) is 0 Å². The number of hydrogen-bond acceptors (Lipinski definition) is 5. The largest absolute Gasteiger partial charge is 0.491 e. The predicted molar refractivity (Wildman–Crippen MR) is 123 cm³/mol. The topological polar surface area (TPSA) is 86.4 Å². The molecule has 1 amide bonds. The summed E-state index contributed by atoms with van der Waals surface area (Å²) >= 11 is 0. The summed E-state index contributed by atoms with van der Waals surface area (Å²) in [5.74, 6) is -0.250. The van der Waals surface area contributed by atoms with Crippen LogP contribution in [0.15, 0.2) is 57.7 Å². The summed E-state index contributed by atoms with van der Waals surface area (Å²) in [4.78, 5) is 25.3. The molecule has 0 saturated carbocycles. The molecule has 2 aromatic heterocycles. The molecule has 0 aliphatic rings. The number of nitrogens with one attached hydrogen (secondary N) is 1. The molecule has 7 nitrogen and oxygen atoms in total. The minimum absolute atomic E-state index is 0.0486. The number of anilines is 1. The van der Waals surface area contributed by atoms with Gasteiger partial charge in [-0.1, -0.05) is 18.2 Å². The van der Waals surface area contributed by atoms with Crippen molar-refractivity contribution in [3.8, 4) is 5.75 Å². The summed E-state index contributed by atoms with van der Waals surface area (Å²) in [5.41, 5.74) is 2.05. The zero-order valence-electron chi connectivity index (χ0n) is 18.8. The Labute approximate surface area is 189 Å². The Hall–Kier alpha value is -3.94. The molecule has 0 radical (unpaired) electrons. The van der Waals surface area contributed by atoms with Gasteiger partial charge in [0.2, 0.25) is 0 Å². The van der Waals surface area contributed by atoms with E-state index in [4.69, 9.17) is 9.15 Å². The van der Waals surface area contributed by atoms with Gasteiger partial charge in [0.1, 0.15) is 17.1 Å². The number of halogens is 1. The van der Waals surface area contributed by atoms with E-state index in [1.54, 1.807) is 54.9 Å². The first-order valence-electron chi connectivity index (χ1n) is 10.6. The van der Waals surface area contributed by atoms with Crippen LogP contribution in [-0.2, 0) is 6.54 Å². The van der Waals surface area contributed by atoms with Gasteiger partial charge in [-0.25, -0.2) is 9.18 Å². The first-order chi connectivity index (χ1) is 15.7. The molecule has 0 saturated heterocycles.